The van der Waals surface area contributed by atoms with E-state index in [0.717, 1.165) is 12.0 Å². The molecule has 0 saturated carbocycles. The Morgan fingerprint density at radius 1 is 1.62 bits per heavy atom. The average molecular weight is 105 g/mol. The molecule has 0 aromatic rings. The van der Waals surface area contributed by atoms with Crippen LogP contribution in [0.1, 0.15) is 6.42 Å². The van der Waals surface area contributed by atoms with Crippen LogP contribution in [0.2, 0.25) is 0 Å². The topological polar surface area (TPSA) is 26.0 Å². The van der Waals surface area contributed by atoms with Crippen molar-refractivity contribution in [2.24, 2.45) is 5.73 Å². The maximum Gasteiger partial charge on any atom is 0.0127 e. The molecule has 0 aliphatic heterocycles. The van der Waals surface area contributed by atoms with Gasteiger partial charge in [-0.25, -0.2) is 0 Å². The van der Waals surface area contributed by atoms with Crippen molar-refractivity contribution >= 4 is 0 Å². The van der Waals surface area contributed by atoms with Crippen LogP contribution >= 0.6 is 0 Å². The molecule has 0 fully saturated rings. The number of allylic oxidation sites excluding steroid dienone is 1. The second-order valence-corrected chi connectivity index (χ2v) is 1.60. The van der Waals surface area contributed by atoms with Crippen LogP contribution in [0.25, 0.3) is 0 Å². The second-order valence-electron chi connectivity index (χ2n) is 1.60. The molecule has 0 aromatic heterocycles. The third-order valence-corrected chi connectivity index (χ3v) is 0.955. The molecule has 1 nitrogen and oxygen atoms in total. The van der Waals surface area contributed by atoms with Crippen molar-refractivity contribution in [2.45, 2.75) is 6.42 Å². The molecule has 8 heavy (non-hydrogen) atoms. The molecule has 0 amide bonds. The lowest BCUT2D eigenvalue weighted by Crippen LogP contribution is -1.97. The van der Waals surface area contributed by atoms with E-state index in [9.17, 15) is 0 Å². The summed E-state index contributed by atoms with van der Waals surface area (Å²) < 4.78 is 0. The summed E-state index contributed by atoms with van der Waals surface area (Å²) >= 11 is 0. The van der Waals surface area contributed by atoms with Crippen molar-refractivity contribution in [3.05, 3.63) is 28.8 Å². The van der Waals surface area contributed by atoms with Crippen molar-refractivity contribution in [1.82, 2.24) is 0 Å². The summed E-state index contributed by atoms with van der Waals surface area (Å²) in [7, 11) is 0. The molecule has 0 saturated heterocycles. The predicted molar refractivity (Wildman–Crippen MR) is 32.3 cm³/mol. The lowest BCUT2D eigenvalue weighted by molar-refractivity contribution is 0.977. The Hall–Kier alpha value is -0.960. The zero-order chi connectivity index (χ0) is 5.82. The van der Waals surface area contributed by atoms with E-state index < -0.39 is 0 Å². The zero-order valence-corrected chi connectivity index (χ0v) is 4.57. The Labute approximate surface area is 48.5 Å². The van der Waals surface area contributed by atoms with Gasteiger partial charge < -0.3 is 5.73 Å². The van der Waals surface area contributed by atoms with Gasteiger partial charge in [-0.2, -0.15) is 0 Å². The Bertz CT molecular complexity index is 207. The van der Waals surface area contributed by atoms with Gasteiger partial charge in [0.05, 0.1) is 0 Å². The number of nitrogens with two attached hydrogens (primary N) is 1. The molecule has 0 atom stereocenters. The van der Waals surface area contributed by atoms with E-state index in [4.69, 9.17) is 5.73 Å². The van der Waals surface area contributed by atoms with E-state index in [1.807, 2.05) is 6.08 Å². The van der Waals surface area contributed by atoms with Gasteiger partial charge in [0.2, 0.25) is 0 Å². The van der Waals surface area contributed by atoms with E-state index in [0.29, 0.717) is 6.54 Å². The Balaban J connectivity index is 2.55. The smallest absolute Gasteiger partial charge is 0.0127 e. The monoisotopic (exact) mass is 105 g/mol. The van der Waals surface area contributed by atoms with Gasteiger partial charge in [-0.05, 0) is 18.7 Å². The fourth-order valence-electron chi connectivity index (χ4n) is 0.566. The van der Waals surface area contributed by atoms with Crippen LogP contribution in [0.3, 0.4) is 0 Å². The maximum absolute atomic E-state index is 5.27. The minimum atomic E-state index is 0.683. The van der Waals surface area contributed by atoms with Crippen molar-refractivity contribution < 1.29 is 0 Å². The van der Waals surface area contributed by atoms with E-state index in [-0.39, 0.29) is 0 Å². The number of rotatable bonds is 2. The highest BCUT2D eigenvalue weighted by atomic mass is 14.5. The molecule has 0 radical (unpaired) electrons. The van der Waals surface area contributed by atoms with Gasteiger partial charge in [-0.1, -0.05) is 11.5 Å². The fourth-order valence-corrected chi connectivity index (χ4v) is 0.566. The lowest BCUT2D eigenvalue weighted by Gasteiger charge is -1.87. The largest absolute Gasteiger partial charge is 0.330 e. The number of hydrogen-bond acceptors (Lipinski definition) is 1. The van der Waals surface area contributed by atoms with Gasteiger partial charge in [0.1, 0.15) is 0 Å². The molecule has 1 aliphatic rings. The van der Waals surface area contributed by atoms with E-state index in [2.05, 4.69) is 17.2 Å². The SMILES string of the molecule is NCCC1=C=C=C=C1. The van der Waals surface area contributed by atoms with Crippen molar-refractivity contribution in [3.63, 3.8) is 0 Å². The first-order chi connectivity index (χ1) is 3.93. The molecule has 0 bridgehead atoms. The summed E-state index contributed by atoms with van der Waals surface area (Å²) in [5, 5.41) is 0. The van der Waals surface area contributed by atoms with Crippen LogP contribution in [0.4, 0.5) is 0 Å². The first-order valence-corrected chi connectivity index (χ1v) is 2.59. The summed E-state index contributed by atoms with van der Waals surface area (Å²) in [6.45, 7) is 0.683. The molecular weight excluding hydrogens is 98.1 g/mol. The molecule has 2 N–H and O–H groups in total. The Morgan fingerprint density at radius 3 is 3.00 bits per heavy atom. The minimum Gasteiger partial charge on any atom is -0.330 e. The van der Waals surface area contributed by atoms with Crippen LogP contribution in [0.15, 0.2) is 28.8 Å². The van der Waals surface area contributed by atoms with Gasteiger partial charge in [0.15, 0.2) is 0 Å². The normalized spacial score (nSPS) is 12.9. The third kappa shape index (κ3) is 1.01. The van der Waals surface area contributed by atoms with Gasteiger partial charge in [0.25, 0.3) is 0 Å². The highest BCUT2D eigenvalue weighted by molar-refractivity contribution is 5.21. The van der Waals surface area contributed by atoms with Crippen LogP contribution < -0.4 is 5.73 Å². The highest BCUT2D eigenvalue weighted by Crippen LogP contribution is 1.99. The standard InChI is InChI=1S/C7H7N/c8-6-5-7-3-1-2-4-7/h3H,5-6,8H2. The van der Waals surface area contributed by atoms with Crippen LogP contribution in [0.5, 0.6) is 0 Å². The molecule has 0 aromatic carbocycles. The quantitative estimate of drug-likeness (QED) is 0.515. The maximum atomic E-state index is 5.27. The van der Waals surface area contributed by atoms with E-state index in [1.165, 1.54) is 0 Å². The first kappa shape index (κ1) is 5.18. The molecule has 0 heterocycles. The van der Waals surface area contributed by atoms with Gasteiger partial charge >= 0.3 is 0 Å². The Morgan fingerprint density at radius 2 is 2.50 bits per heavy atom. The zero-order valence-electron chi connectivity index (χ0n) is 4.57. The van der Waals surface area contributed by atoms with Crippen molar-refractivity contribution in [3.8, 4) is 0 Å². The lowest BCUT2D eigenvalue weighted by atomic mass is 10.2. The molecule has 1 heteroatoms. The van der Waals surface area contributed by atoms with Gasteiger partial charge in [-0.3, -0.25) is 0 Å². The Kier molecular flexibility index (Phi) is 1.54. The van der Waals surface area contributed by atoms with Gasteiger partial charge in [-0.15, -0.1) is 0 Å². The van der Waals surface area contributed by atoms with Crippen molar-refractivity contribution in [1.29, 1.82) is 0 Å². The molecule has 0 unspecified atom stereocenters. The summed E-state index contributed by atoms with van der Waals surface area (Å²) in [6, 6.07) is 0. The van der Waals surface area contributed by atoms with E-state index >= 15 is 0 Å². The molecular formula is C7H7N. The summed E-state index contributed by atoms with van der Waals surface area (Å²) in [5.41, 5.74) is 14.7. The second kappa shape index (κ2) is 2.37. The molecule has 1 aliphatic carbocycles. The number of hydrogen-bond donors (Lipinski definition) is 1. The molecule has 40 valence electrons. The minimum absolute atomic E-state index is 0.683. The first-order valence-electron chi connectivity index (χ1n) is 2.59. The van der Waals surface area contributed by atoms with Crippen LogP contribution in [-0.4, -0.2) is 6.54 Å². The third-order valence-electron chi connectivity index (χ3n) is 0.955. The summed E-state index contributed by atoms with van der Waals surface area (Å²) in [5.74, 6) is 0. The van der Waals surface area contributed by atoms with Crippen molar-refractivity contribution in [2.75, 3.05) is 6.54 Å². The highest BCUT2D eigenvalue weighted by Gasteiger charge is 1.88. The fraction of sp³-hybridized carbons (Fsp3) is 0.286. The van der Waals surface area contributed by atoms with Gasteiger partial charge in [0, 0.05) is 11.6 Å². The van der Waals surface area contributed by atoms with E-state index in [1.54, 1.807) is 0 Å². The average Bonchev–Trinajstić information content (AvgIpc) is 2.19. The van der Waals surface area contributed by atoms with Crippen LogP contribution in [-0.2, 0) is 0 Å². The molecule has 0 spiro atoms. The molecule has 1 rings (SSSR count). The summed E-state index contributed by atoms with van der Waals surface area (Å²) in [6.07, 6.45) is 2.74. The van der Waals surface area contributed by atoms with Crippen LogP contribution in [0, 0.1) is 0 Å². The summed E-state index contributed by atoms with van der Waals surface area (Å²) in [4.78, 5) is 0. The predicted octanol–water partition coefficient (Wildman–Crippen LogP) is 0.741.